The summed E-state index contributed by atoms with van der Waals surface area (Å²) in [5, 5.41) is 13.4. The maximum absolute atomic E-state index is 12.9. The molecule has 1 fully saturated rings. The Hall–Kier alpha value is -2.39. The lowest BCUT2D eigenvalue weighted by atomic mass is 10.1. The molecule has 2 atom stereocenters. The van der Waals surface area contributed by atoms with Crippen molar-refractivity contribution in [1.82, 2.24) is 14.9 Å². The van der Waals surface area contributed by atoms with Gasteiger partial charge in [0.25, 0.3) is 5.56 Å². The van der Waals surface area contributed by atoms with E-state index in [4.69, 9.17) is 4.74 Å². The fraction of sp³-hybridized carbons (Fsp3) is 0.500. The third-order valence-corrected chi connectivity index (χ3v) is 5.81. The van der Waals surface area contributed by atoms with Gasteiger partial charge in [0.1, 0.15) is 0 Å². The zero-order valence-corrected chi connectivity index (χ0v) is 17.5. The highest BCUT2D eigenvalue weighted by atomic mass is 32.2. The van der Waals surface area contributed by atoms with Crippen molar-refractivity contribution in [1.29, 1.82) is 0 Å². The van der Waals surface area contributed by atoms with Crippen LogP contribution in [0.3, 0.4) is 0 Å². The Bertz CT molecular complexity index is 984. The summed E-state index contributed by atoms with van der Waals surface area (Å²) in [7, 11) is 1.28. The highest BCUT2D eigenvalue weighted by Gasteiger charge is 2.29. The Morgan fingerprint density at radius 1 is 1.38 bits per heavy atom. The van der Waals surface area contributed by atoms with E-state index in [1.165, 1.54) is 29.9 Å². The predicted molar refractivity (Wildman–Crippen MR) is 110 cm³/mol. The Balaban J connectivity index is 1.90. The number of aliphatic hydroxyl groups is 1. The van der Waals surface area contributed by atoms with Crippen LogP contribution < -0.4 is 10.9 Å². The van der Waals surface area contributed by atoms with Gasteiger partial charge in [0.2, 0.25) is 5.91 Å². The topological polar surface area (TPSA) is 111 Å². The van der Waals surface area contributed by atoms with E-state index in [1.807, 2.05) is 6.92 Å². The van der Waals surface area contributed by atoms with Gasteiger partial charge in [-0.25, -0.2) is 9.78 Å². The third kappa shape index (κ3) is 5.16. The number of carbonyl (C=O) groups is 2. The molecular weight excluding hydrogens is 394 g/mol. The van der Waals surface area contributed by atoms with E-state index in [9.17, 15) is 19.5 Å². The van der Waals surface area contributed by atoms with E-state index in [2.05, 4.69) is 10.3 Å². The summed E-state index contributed by atoms with van der Waals surface area (Å²) in [5.74, 6) is -0.000958. The number of ether oxygens (including phenoxy) is 1. The number of aromatic nitrogens is 2. The summed E-state index contributed by atoms with van der Waals surface area (Å²) in [4.78, 5) is 41.5. The van der Waals surface area contributed by atoms with E-state index in [1.54, 1.807) is 6.92 Å². The quantitative estimate of drug-likeness (QED) is 0.380. The molecule has 2 aromatic rings. The summed E-state index contributed by atoms with van der Waals surface area (Å²) < 4.78 is 6.09. The zero-order chi connectivity index (χ0) is 21.1. The number of esters is 1. The van der Waals surface area contributed by atoms with E-state index in [0.717, 1.165) is 24.6 Å². The normalized spacial score (nSPS) is 15.7. The maximum Gasteiger partial charge on any atom is 0.337 e. The van der Waals surface area contributed by atoms with Gasteiger partial charge in [0.15, 0.2) is 5.16 Å². The van der Waals surface area contributed by atoms with Crippen molar-refractivity contribution >= 4 is 34.5 Å². The maximum atomic E-state index is 12.9. The van der Waals surface area contributed by atoms with Gasteiger partial charge in [-0.1, -0.05) is 11.8 Å². The first-order valence-corrected chi connectivity index (χ1v) is 10.5. The monoisotopic (exact) mass is 419 g/mol. The van der Waals surface area contributed by atoms with Gasteiger partial charge in [-0.2, -0.15) is 0 Å². The Labute approximate surface area is 172 Å². The van der Waals surface area contributed by atoms with Crippen molar-refractivity contribution in [2.24, 2.45) is 5.92 Å². The third-order valence-electron chi connectivity index (χ3n) is 4.84. The molecule has 0 spiro atoms. The molecular formula is C20H25N3O5S. The Kier molecular flexibility index (Phi) is 6.59. The summed E-state index contributed by atoms with van der Waals surface area (Å²) >= 11 is 1.13. The molecule has 1 saturated carbocycles. The molecule has 0 aliphatic heterocycles. The van der Waals surface area contributed by atoms with Crippen LogP contribution in [-0.2, 0) is 16.1 Å². The van der Waals surface area contributed by atoms with Crippen molar-refractivity contribution in [2.45, 2.75) is 50.5 Å². The minimum Gasteiger partial charge on any atom is -0.465 e. The molecule has 1 heterocycles. The summed E-state index contributed by atoms with van der Waals surface area (Å²) in [6, 6.07) is 4.65. The number of fused-ring (bicyclic) bond motifs is 1. The van der Waals surface area contributed by atoms with E-state index in [0.29, 0.717) is 22.0 Å². The van der Waals surface area contributed by atoms with Gasteiger partial charge in [0.05, 0.1) is 42.0 Å². The molecule has 1 aliphatic rings. The van der Waals surface area contributed by atoms with Crippen molar-refractivity contribution in [2.75, 3.05) is 12.9 Å². The van der Waals surface area contributed by atoms with Crippen LogP contribution in [0.4, 0.5) is 0 Å². The standard InChI is InChI=1S/C20H25N3O5S/c1-11(24)9-23-18(26)15-7-6-14(19(27)28-3)8-16(15)22-20(23)29-10-17(25)21-12(2)13-4-5-13/h6-8,11-13,24H,4-5,9-10H2,1-3H3,(H,21,25)/t11-,12-/m0/s1. The molecule has 29 heavy (non-hydrogen) atoms. The minimum atomic E-state index is -0.760. The number of hydrogen-bond donors (Lipinski definition) is 2. The van der Waals surface area contributed by atoms with E-state index < -0.39 is 12.1 Å². The lowest BCUT2D eigenvalue weighted by Gasteiger charge is -2.16. The number of aliphatic hydroxyl groups excluding tert-OH is 1. The smallest absolute Gasteiger partial charge is 0.337 e. The molecule has 1 amide bonds. The van der Waals surface area contributed by atoms with Gasteiger partial charge in [0, 0.05) is 6.04 Å². The minimum absolute atomic E-state index is 0.0585. The number of thioether (sulfide) groups is 1. The SMILES string of the molecule is COC(=O)c1ccc2c(=O)n(C[C@H](C)O)c(SCC(=O)N[C@@H](C)C3CC3)nc2c1. The van der Waals surface area contributed by atoms with E-state index in [-0.39, 0.29) is 35.4 Å². The number of nitrogens with zero attached hydrogens (tertiary/aromatic N) is 2. The molecule has 9 heteroatoms. The first-order chi connectivity index (χ1) is 13.8. The molecule has 3 rings (SSSR count). The van der Waals surface area contributed by atoms with E-state index >= 15 is 0 Å². The molecule has 1 aromatic carbocycles. The van der Waals surface area contributed by atoms with Gasteiger partial charge < -0.3 is 15.2 Å². The zero-order valence-electron chi connectivity index (χ0n) is 16.7. The number of benzene rings is 1. The number of amides is 1. The lowest BCUT2D eigenvalue weighted by Crippen LogP contribution is -2.35. The highest BCUT2D eigenvalue weighted by molar-refractivity contribution is 7.99. The van der Waals surface area contributed by atoms with Crippen LogP contribution in [0.2, 0.25) is 0 Å². The van der Waals surface area contributed by atoms with Gasteiger partial charge in [-0.15, -0.1) is 0 Å². The number of rotatable bonds is 8. The summed E-state index contributed by atoms with van der Waals surface area (Å²) in [6.07, 6.45) is 1.51. The van der Waals surface area contributed by atoms with Crippen LogP contribution in [0, 0.1) is 5.92 Å². The van der Waals surface area contributed by atoms with Gasteiger partial charge >= 0.3 is 5.97 Å². The van der Waals surface area contributed by atoms with Gasteiger partial charge in [-0.05, 0) is 50.8 Å². The lowest BCUT2D eigenvalue weighted by molar-refractivity contribution is -0.119. The molecule has 156 valence electrons. The van der Waals surface area contributed by atoms with Crippen LogP contribution in [0.25, 0.3) is 10.9 Å². The molecule has 0 unspecified atom stereocenters. The summed E-state index contributed by atoms with van der Waals surface area (Å²) in [6.45, 7) is 3.63. The highest BCUT2D eigenvalue weighted by Crippen LogP contribution is 2.32. The fourth-order valence-corrected chi connectivity index (χ4v) is 3.94. The van der Waals surface area contributed by atoms with Crippen LogP contribution >= 0.6 is 11.8 Å². The van der Waals surface area contributed by atoms with Crippen LogP contribution in [0.1, 0.15) is 37.0 Å². The molecule has 8 nitrogen and oxygen atoms in total. The van der Waals surface area contributed by atoms with Crippen molar-refractivity contribution in [3.63, 3.8) is 0 Å². The van der Waals surface area contributed by atoms with Crippen LogP contribution in [-0.4, -0.2) is 51.5 Å². The van der Waals surface area contributed by atoms with Crippen LogP contribution in [0.5, 0.6) is 0 Å². The van der Waals surface area contributed by atoms with Crippen molar-refractivity contribution in [3.8, 4) is 0 Å². The van der Waals surface area contributed by atoms with Crippen molar-refractivity contribution < 1.29 is 19.4 Å². The first-order valence-electron chi connectivity index (χ1n) is 9.53. The average Bonchev–Trinajstić information content (AvgIpc) is 3.53. The van der Waals surface area contributed by atoms with Gasteiger partial charge in [-0.3, -0.25) is 14.2 Å². The van der Waals surface area contributed by atoms with Crippen molar-refractivity contribution in [3.05, 3.63) is 34.1 Å². The molecule has 0 bridgehead atoms. The fourth-order valence-electron chi connectivity index (χ4n) is 3.12. The van der Waals surface area contributed by atoms with Crippen LogP contribution in [0.15, 0.2) is 28.2 Å². The molecule has 2 N–H and O–H groups in total. The second-order valence-electron chi connectivity index (χ2n) is 7.36. The molecule has 0 radical (unpaired) electrons. The number of hydrogen-bond acceptors (Lipinski definition) is 7. The Morgan fingerprint density at radius 3 is 2.72 bits per heavy atom. The molecule has 1 aromatic heterocycles. The number of nitrogens with one attached hydrogen (secondary N) is 1. The second kappa shape index (κ2) is 8.96. The summed E-state index contributed by atoms with van der Waals surface area (Å²) in [5.41, 5.74) is 0.294. The average molecular weight is 420 g/mol. The molecule has 0 saturated heterocycles. The number of methoxy groups -OCH3 is 1. The predicted octanol–water partition coefficient (Wildman–Crippen LogP) is 1.57. The largest absolute Gasteiger partial charge is 0.465 e. The Morgan fingerprint density at radius 2 is 2.10 bits per heavy atom. The number of carbonyl (C=O) groups excluding carboxylic acids is 2. The molecule has 1 aliphatic carbocycles. The second-order valence-corrected chi connectivity index (χ2v) is 8.31. The first kappa shape index (κ1) is 21.3.